The molecular formula is C22H17NO2S. The van der Waals surface area contributed by atoms with Crippen LogP contribution >= 0.6 is 11.3 Å². The standard InChI is InChI=1S/C22H17NO2S/c1-13-6-5-9-18-20(13)21-16(12-25-18)11-19(26-21)22(24)23-14(2)10-15-7-3-4-8-17(15)23/h3-11H,12H2,1-2H3. The van der Waals surface area contributed by atoms with E-state index in [0.717, 1.165) is 43.2 Å². The minimum Gasteiger partial charge on any atom is -0.488 e. The summed E-state index contributed by atoms with van der Waals surface area (Å²) in [6, 6.07) is 18.1. The molecule has 1 aliphatic heterocycles. The Labute approximate surface area is 155 Å². The molecule has 0 fully saturated rings. The third-order valence-electron chi connectivity index (χ3n) is 4.96. The molecule has 0 bridgehead atoms. The normalized spacial score (nSPS) is 12.5. The first kappa shape index (κ1) is 15.4. The van der Waals surface area contributed by atoms with Gasteiger partial charge >= 0.3 is 0 Å². The van der Waals surface area contributed by atoms with Crippen molar-refractivity contribution in [2.45, 2.75) is 20.5 Å². The molecule has 3 heterocycles. The average Bonchev–Trinajstić information content (AvgIpc) is 3.21. The van der Waals surface area contributed by atoms with Crippen molar-refractivity contribution in [2.24, 2.45) is 0 Å². The molecule has 0 unspecified atom stereocenters. The van der Waals surface area contributed by atoms with Gasteiger partial charge in [-0.3, -0.25) is 9.36 Å². The molecule has 2 aromatic carbocycles. The molecule has 0 N–H and O–H groups in total. The molecule has 4 aromatic rings. The molecule has 2 aromatic heterocycles. The summed E-state index contributed by atoms with van der Waals surface area (Å²) in [4.78, 5) is 15.2. The molecule has 5 rings (SSSR count). The molecule has 4 heteroatoms. The molecular weight excluding hydrogens is 342 g/mol. The molecule has 0 saturated carbocycles. The van der Waals surface area contributed by atoms with Crippen molar-refractivity contribution < 1.29 is 9.53 Å². The molecule has 26 heavy (non-hydrogen) atoms. The zero-order valence-corrected chi connectivity index (χ0v) is 15.4. The molecule has 3 nitrogen and oxygen atoms in total. The second-order valence-corrected chi connectivity index (χ2v) is 7.74. The van der Waals surface area contributed by atoms with Gasteiger partial charge in [-0.15, -0.1) is 11.3 Å². The van der Waals surface area contributed by atoms with Crippen LogP contribution in [-0.2, 0) is 6.61 Å². The smallest absolute Gasteiger partial charge is 0.272 e. The Hall–Kier alpha value is -2.85. The number of carbonyl (C=O) groups excluding carboxylic acids is 1. The number of aryl methyl sites for hydroxylation is 2. The molecule has 1 aliphatic rings. The minimum absolute atomic E-state index is 0.0261. The third kappa shape index (κ3) is 2.15. The highest BCUT2D eigenvalue weighted by Crippen LogP contribution is 2.44. The SMILES string of the molecule is Cc1cccc2c1-c1sc(C(=O)n3c(C)cc4ccccc43)cc1CO2. The second-order valence-electron chi connectivity index (χ2n) is 6.69. The van der Waals surface area contributed by atoms with Gasteiger partial charge in [0.25, 0.3) is 5.91 Å². The van der Waals surface area contributed by atoms with Gasteiger partial charge in [-0.05, 0) is 43.7 Å². The van der Waals surface area contributed by atoms with Gasteiger partial charge in [0.2, 0.25) is 0 Å². The molecule has 0 saturated heterocycles. The lowest BCUT2D eigenvalue weighted by Gasteiger charge is -2.19. The lowest BCUT2D eigenvalue weighted by Crippen LogP contribution is -2.11. The number of benzene rings is 2. The second kappa shape index (κ2) is 5.58. The largest absolute Gasteiger partial charge is 0.488 e. The van der Waals surface area contributed by atoms with Crippen molar-refractivity contribution in [2.75, 3.05) is 0 Å². The van der Waals surface area contributed by atoms with Gasteiger partial charge in [0.05, 0.1) is 10.4 Å². The van der Waals surface area contributed by atoms with E-state index in [2.05, 4.69) is 19.1 Å². The maximum absolute atomic E-state index is 13.3. The highest BCUT2D eigenvalue weighted by atomic mass is 32.1. The Morgan fingerprint density at radius 3 is 2.81 bits per heavy atom. The number of ether oxygens (including phenoxy) is 1. The number of carbonyl (C=O) groups is 1. The van der Waals surface area contributed by atoms with Gasteiger partial charge in [0.15, 0.2) is 0 Å². The van der Waals surface area contributed by atoms with Gasteiger partial charge in [-0.25, -0.2) is 0 Å². The van der Waals surface area contributed by atoms with Crippen LogP contribution < -0.4 is 4.74 Å². The first-order valence-electron chi connectivity index (χ1n) is 8.61. The molecule has 128 valence electrons. The summed E-state index contributed by atoms with van der Waals surface area (Å²) in [7, 11) is 0. The molecule has 0 radical (unpaired) electrons. The van der Waals surface area contributed by atoms with Crippen LogP contribution in [0.5, 0.6) is 5.75 Å². The molecule has 0 amide bonds. The number of aromatic nitrogens is 1. The first-order chi connectivity index (χ1) is 12.6. The summed E-state index contributed by atoms with van der Waals surface area (Å²) < 4.78 is 7.71. The number of thiophene rings is 1. The van der Waals surface area contributed by atoms with Gasteiger partial charge in [-0.2, -0.15) is 0 Å². The summed E-state index contributed by atoms with van der Waals surface area (Å²) in [5.74, 6) is 0.930. The number of hydrogen-bond donors (Lipinski definition) is 0. The van der Waals surface area contributed by atoms with Crippen molar-refractivity contribution in [3.63, 3.8) is 0 Å². The van der Waals surface area contributed by atoms with Crippen LogP contribution in [-0.4, -0.2) is 10.5 Å². The highest BCUT2D eigenvalue weighted by Gasteiger charge is 2.25. The maximum atomic E-state index is 13.3. The Bertz CT molecular complexity index is 1180. The van der Waals surface area contributed by atoms with Crippen LogP contribution in [0.25, 0.3) is 21.3 Å². The lowest BCUT2D eigenvalue weighted by atomic mass is 10.0. The Kier molecular flexibility index (Phi) is 3.31. The minimum atomic E-state index is 0.0261. The third-order valence-corrected chi connectivity index (χ3v) is 6.15. The van der Waals surface area contributed by atoms with Crippen LogP contribution in [0.15, 0.2) is 54.6 Å². The van der Waals surface area contributed by atoms with Crippen molar-refractivity contribution in [1.82, 2.24) is 4.57 Å². The maximum Gasteiger partial charge on any atom is 0.272 e. The van der Waals surface area contributed by atoms with Gasteiger partial charge in [0.1, 0.15) is 12.4 Å². The van der Waals surface area contributed by atoms with Crippen LogP contribution in [0, 0.1) is 13.8 Å². The van der Waals surface area contributed by atoms with Crippen LogP contribution in [0.3, 0.4) is 0 Å². The van der Waals surface area contributed by atoms with Crippen LogP contribution in [0.1, 0.15) is 26.5 Å². The van der Waals surface area contributed by atoms with E-state index in [1.807, 2.05) is 54.0 Å². The lowest BCUT2D eigenvalue weighted by molar-refractivity contribution is 0.0967. The van der Waals surface area contributed by atoms with Crippen molar-refractivity contribution in [1.29, 1.82) is 0 Å². The van der Waals surface area contributed by atoms with E-state index in [4.69, 9.17) is 4.74 Å². The van der Waals surface area contributed by atoms with E-state index in [0.29, 0.717) is 6.61 Å². The highest BCUT2D eigenvalue weighted by molar-refractivity contribution is 7.17. The van der Waals surface area contributed by atoms with E-state index in [9.17, 15) is 4.79 Å². The Morgan fingerprint density at radius 2 is 1.92 bits per heavy atom. The first-order valence-corrected chi connectivity index (χ1v) is 9.42. The zero-order chi connectivity index (χ0) is 17.8. The van der Waals surface area contributed by atoms with Crippen molar-refractivity contribution in [3.05, 3.63) is 76.3 Å². The molecule has 0 atom stereocenters. The van der Waals surface area contributed by atoms with E-state index in [1.54, 1.807) is 11.3 Å². The van der Waals surface area contributed by atoms with Gasteiger partial charge in [-0.1, -0.05) is 30.3 Å². The summed E-state index contributed by atoms with van der Waals surface area (Å²) in [5.41, 5.74) is 5.29. The van der Waals surface area contributed by atoms with Crippen molar-refractivity contribution in [3.8, 4) is 16.2 Å². The number of hydrogen-bond acceptors (Lipinski definition) is 3. The predicted octanol–water partition coefficient (Wildman–Crippen LogP) is 5.57. The monoisotopic (exact) mass is 359 g/mol. The zero-order valence-electron chi connectivity index (χ0n) is 14.6. The number of nitrogens with zero attached hydrogens (tertiary/aromatic N) is 1. The molecule has 0 aliphatic carbocycles. The Balaban J connectivity index is 1.66. The van der Waals surface area contributed by atoms with Crippen LogP contribution in [0.4, 0.5) is 0 Å². The Morgan fingerprint density at radius 1 is 1.08 bits per heavy atom. The topological polar surface area (TPSA) is 31.2 Å². The molecule has 0 spiro atoms. The number of para-hydroxylation sites is 1. The quantitative estimate of drug-likeness (QED) is 0.445. The predicted molar refractivity (Wildman–Crippen MR) is 105 cm³/mol. The van der Waals surface area contributed by atoms with E-state index in [1.165, 1.54) is 5.56 Å². The fourth-order valence-corrected chi connectivity index (χ4v) is 4.95. The van der Waals surface area contributed by atoms with Gasteiger partial charge < -0.3 is 4.74 Å². The van der Waals surface area contributed by atoms with E-state index < -0.39 is 0 Å². The summed E-state index contributed by atoms with van der Waals surface area (Å²) in [6.45, 7) is 4.58. The fourth-order valence-electron chi connectivity index (χ4n) is 3.73. The summed E-state index contributed by atoms with van der Waals surface area (Å²) in [6.07, 6.45) is 0. The summed E-state index contributed by atoms with van der Waals surface area (Å²) in [5, 5.41) is 1.09. The van der Waals surface area contributed by atoms with Gasteiger partial charge in [0, 0.05) is 27.1 Å². The number of rotatable bonds is 1. The van der Waals surface area contributed by atoms with Crippen molar-refractivity contribution >= 4 is 28.1 Å². The average molecular weight is 359 g/mol. The fraction of sp³-hybridized carbons (Fsp3) is 0.136. The van der Waals surface area contributed by atoms with Crippen LogP contribution in [0.2, 0.25) is 0 Å². The number of fused-ring (bicyclic) bond motifs is 4. The van der Waals surface area contributed by atoms with E-state index in [-0.39, 0.29) is 5.91 Å². The van der Waals surface area contributed by atoms with E-state index >= 15 is 0 Å². The summed E-state index contributed by atoms with van der Waals surface area (Å²) >= 11 is 1.57.